The summed E-state index contributed by atoms with van der Waals surface area (Å²) in [5, 5.41) is 0. The first kappa shape index (κ1) is 15.0. The minimum absolute atomic E-state index is 0.254. The van der Waals surface area contributed by atoms with Crippen LogP contribution in [0.2, 0.25) is 0 Å². The van der Waals surface area contributed by atoms with Gasteiger partial charge in [-0.05, 0) is 18.7 Å². The number of rotatable bonds is 6. The molecule has 3 nitrogen and oxygen atoms in total. The molecule has 0 bridgehead atoms. The van der Waals surface area contributed by atoms with Gasteiger partial charge in [-0.2, -0.15) is 13.2 Å². The van der Waals surface area contributed by atoms with E-state index in [1.165, 1.54) is 6.26 Å². The Morgan fingerprint density at radius 3 is 2.61 bits per heavy atom. The van der Waals surface area contributed by atoms with E-state index in [0.29, 0.717) is 18.8 Å². The molecule has 102 valence electrons. The molecule has 0 aliphatic heterocycles. The fourth-order valence-electron chi connectivity index (χ4n) is 1.54. The summed E-state index contributed by atoms with van der Waals surface area (Å²) >= 11 is 4.49. The van der Waals surface area contributed by atoms with Crippen molar-refractivity contribution in [1.82, 2.24) is 4.90 Å². The number of halogens is 3. The molecule has 0 radical (unpaired) electrons. The molecule has 7 heteroatoms. The smallest absolute Gasteiger partial charge is 0.399 e. The summed E-state index contributed by atoms with van der Waals surface area (Å²) in [7, 11) is 0. The first-order chi connectivity index (χ1) is 8.34. The van der Waals surface area contributed by atoms with Crippen molar-refractivity contribution in [2.45, 2.75) is 19.6 Å². The van der Waals surface area contributed by atoms with Gasteiger partial charge in [0.15, 0.2) is 0 Å². The van der Waals surface area contributed by atoms with Crippen LogP contribution in [0.5, 0.6) is 0 Å². The SMILES string of the molecule is CCN(Cc1ccco1)CC(C(N)=S)C(F)(F)F. The molecule has 0 amide bonds. The van der Waals surface area contributed by atoms with Crippen LogP contribution in [0, 0.1) is 5.92 Å². The van der Waals surface area contributed by atoms with Gasteiger partial charge in [0.25, 0.3) is 0 Å². The molecular weight excluding hydrogens is 265 g/mol. The minimum atomic E-state index is -4.41. The highest BCUT2D eigenvalue weighted by atomic mass is 32.1. The summed E-state index contributed by atoms with van der Waals surface area (Å²) in [6.07, 6.45) is -2.93. The monoisotopic (exact) mass is 280 g/mol. The summed E-state index contributed by atoms with van der Waals surface area (Å²) < 4.78 is 43.3. The molecule has 0 aromatic carbocycles. The van der Waals surface area contributed by atoms with Gasteiger partial charge in [0, 0.05) is 6.54 Å². The molecule has 0 fully saturated rings. The Balaban J connectivity index is 2.68. The molecule has 0 aliphatic rings. The third kappa shape index (κ3) is 4.30. The first-order valence-corrected chi connectivity index (χ1v) is 5.86. The van der Waals surface area contributed by atoms with E-state index in [1.807, 2.05) is 0 Å². The molecule has 0 saturated carbocycles. The van der Waals surface area contributed by atoms with Crippen molar-refractivity contribution in [3.8, 4) is 0 Å². The normalized spacial score (nSPS) is 13.8. The van der Waals surface area contributed by atoms with Gasteiger partial charge in [-0.15, -0.1) is 0 Å². The van der Waals surface area contributed by atoms with E-state index in [4.69, 9.17) is 10.2 Å². The Bertz CT molecular complexity index is 378. The molecule has 0 spiro atoms. The molecule has 2 N–H and O–H groups in total. The third-order valence-corrected chi connectivity index (χ3v) is 2.87. The number of nitrogens with zero attached hydrogens (tertiary/aromatic N) is 1. The number of thiocarbonyl (C=S) groups is 1. The fourth-order valence-corrected chi connectivity index (χ4v) is 1.75. The predicted octanol–water partition coefficient (Wildman–Crippen LogP) is 2.57. The van der Waals surface area contributed by atoms with Gasteiger partial charge in [0.2, 0.25) is 0 Å². The Morgan fingerprint density at radius 1 is 1.56 bits per heavy atom. The number of hydrogen-bond donors (Lipinski definition) is 1. The average molecular weight is 280 g/mol. The third-order valence-electron chi connectivity index (χ3n) is 2.59. The molecule has 1 unspecified atom stereocenters. The maximum Gasteiger partial charge on any atom is 0.399 e. The van der Waals surface area contributed by atoms with Gasteiger partial charge in [0.1, 0.15) is 11.7 Å². The highest BCUT2D eigenvalue weighted by Gasteiger charge is 2.42. The van der Waals surface area contributed by atoms with E-state index >= 15 is 0 Å². The average Bonchev–Trinajstić information content (AvgIpc) is 2.74. The summed E-state index contributed by atoms with van der Waals surface area (Å²) in [4.78, 5) is 1.07. The zero-order chi connectivity index (χ0) is 13.8. The summed E-state index contributed by atoms with van der Waals surface area (Å²) in [5.74, 6) is -1.18. The van der Waals surface area contributed by atoms with Gasteiger partial charge in [0.05, 0.1) is 17.8 Å². The van der Waals surface area contributed by atoms with Gasteiger partial charge >= 0.3 is 6.18 Å². The summed E-state index contributed by atoms with van der Waals surface area (Å²) in [6, 6.07) is 3.41. The van der Waals surface area contributed by atoms with Gasteiger partial charge in [-0.1, -0.05) is 19.1 Å². The molecule has 1 heterocycles. The predicted molar refractivity (Wildman–Crippen MR) is 66.0 cm³/mol. The second-order valence-electron chi connectivity index (χ2n) is 3.90. The lowest BCUT2D eigenvalue weighted by Gasteiger charge is -2.26. The molecule has 1 rings (SSSR count). The van der Waals surface area contributed by atoms with Crippen LogP contribution in [0.25, 0.3) is 0 Å². The molecule has 0 aliphatic carbocycles. The quantitative estimate of drug-likeness (QED) is 0.813. The molecule has 1 aromatic rings. The Labute approximate surface area is 109 Å². The molecule has 1 atom stereocenters. The van der Waals surface area contributed by atoms with Crippen molar-refractivity contribution in [3.05, 3.63) is 24.2 Å². The maximum atomic E-state index is 12.7. The van der Waals surface area contributed by atoms with Crippen molar-refractivity contribution in [2.75, 3.05) is 13.1 Å². The first-order valence-electron chi connectivity index (χ1n) is 5.45. The van der Waals surface area contributed by atoms with E-state index in [0.717, 1.165) is 0 Å². The number of hydrogen-bond acceptors (Lipinski definition) is 3. The van der Waals surface area contributed by atoms with Crippen LogP contribution in [0.1, 0.15) is 12.7 Å². The topological polar surface area (TPSA) is 42.4 Å². The van der Waals surface area contributed by atoms with Gasteiger partial charge in [-0.25, -0.2) is 0 Å². The van der Waals surface area contributed by atoms with Crippen molar-refractivity contribution in [3.63, 3.8) is 0 Å². The van der Waals surface area contributed by atoms with E-state index in [2.05, 4.69) is 12.2 Å². The number of nitrogens with two attached hydrogens (primary N) is 1. The van der Waals surface area contributed by atoms with Crippen LogP contribution >= 0.6 is 12.2 Å². The highest BCUT2D eigenvalue weighted by molar-refractivity contribution is 7.80. The van der Waals surface area contributed by atoms with E-state index in [1.54, 1.807) is 24.0 Å². The Morgan fingerprint density at radius 2 is 2.22 bits per heavy atom. The zero-order valence-corrected chi connectivity index (χ0v) is 10.7. The highest BCUT2D eigenvalue weighted by Crippen LogP contribution is 2.27. The van der Waals surface area contributed by atoms with Crippen LogP contribution in [-0.2, 0) is 6.54 Å². The zero-order valence-electron chi connectivity index (χ0n) is 9.91. The number of alkyl halides is 3. The standard InChI is InChI=1S/C11H15F3N2OS/c1-2-16(6-8-4-3-5-17-8)7-9(10(15)18)11(12,13)14/h3-5,9H,2,6-7H2,1H3,(H2,15,18). The Hall–Kier alpha value is -1.08. The minimum Gasteiger partial charge on any atom is -0.468 e. The van der Waals surface area contributed by atoms with Crippen molar-refractivity contribution >= 4 is 17.2 Å². The van der Waals surface area contributed by atoms with Crippen molar-refractivity contribution < 1.29 is 17.6 Å². The van der Waals surface area contributed by atoms with E-state index < -0.39 is 17.1 Å². The molecular formula is C11H15F3N2OS. The van der Waals surface area contributed by atoms with Crippen LogP contribution in [0.4, 0.5) is 13.2 Å². The van der Waals surface area contributed by atoms with Crippen molar-refractivity contribution in [1.29, 1.82) is 0 Å². The fraction of sp³-hybridized carbons (Fsp3) is 0.545. The summed E-state index contributed by atoms with van der Waals surface area (Å²) in [6.45, 7) is 2.28. The Kier molecular flexibility index (Phi) is 5.15. The largest absolute Gasteiger partial charge is 0.468 e. The second-order valence-corrected chi connectivity index (χ2v) is 4.38. The maximum absolute atomic E-state index is 12.7. The lowest BCUT2D eigenvalue weighted by atomic mass is 10.1. The molecule has 0 saturated heterocycles. The summed E-state index contributed by atoms with van der Waals surface area (Å²) in [5.41, 5.74) is 5.16. The van der Waals surface area contributed by atoms with Crippen LogP contribution < -0.4 is 5.73 Å². The van der Waals surface area contributed by atoms with Gasteiger partial charge < -0.3 is 10.2 Å². The van der Waals surface area contributed by atoms with E-state index in [-0.39, 0.29) is 6.54 Å². The number of furan rings is 1. The van der Waals surface area contributed by atoms with Crippen molar-refractivity contribution in [2.24, 2.45) is 11.7 Å². The van der Waals surface area contributed by atoms with Crippen LogP contribution in [-0.4, -0.2) is 29.2 Å². The lowest BCUT2D eigenvalue weighted by molar-refractivity contribution is -0.159. The lowest BCUT2D eigenvalue weighted by Crippen LogP contribution is -2.43. The van der Waals surface area contributed by atoms with Crippen LogP contribution in [0.3, 0.4) is 0 Å². The van der Waals surface area contributed by atoms with Crippen LogP contribution in [0.15, 0.2) is 22.8 Å². The molecule has 1 aromatic heterocycles. The second kappa shape index (κ2) is 6.19. The van der Waals surface area contributed by atoms with E-state index in [9.17, 15) is 13.2 Å². The molecule has 18 heavy (non-hydrogen) atoms. The van der Waals surface area contributed by atoms with Gasteiger partial charge in [-0.3, -0.25) is 4.90 Å².